The molecule has 3 rings (SSSR count). The summed E-state index contributed by atoms with van der Waals surface area (Å²) in [6.45, 7) is 1.25. The van der Waals surface area contributed by atoms with Gasteiger partial charge in [0, 0.05) is 18.0 Å². The van der Waals surface area contributed by atoms with Crippen molar-refractivity contribution in [3.05, 3.63) is 59.8 Å². The summed E-state index contributed by atoms with van der Waals surface area (Å²) in [5, 5.41) is 12.0. The Balaban J connectivity index is 1.46. The van der Waals surface area contributed by atoms with Crippen LogP contribution in [0, 0.1) is 11.6 Å². The van der Waals surface area contributed by atoms with Crippen molar-refractivity contribution in [1.82, 2.24) is 15.5 Å². The number of H-pyrrole nitrogens is 1. The van der Waals surface area contributed by atoms with Crippen LogP contribution >= 0.6 is 0 Å². The molecule has 1 heterocycles. The maximum atomic E-state index is 13.6. The Labute approximate surface area is 169 Å². The molecule has 2 aromatic carbocycles. The average molecular weight is 416 g/mol. The molecular weight excluding hydrogens is 398 g/mol. The standard InChI is InChI=1S/C20H18F2N4O4/c1-11(19(28)24-16-10-12(21)6-7-14(16)22)30-17(27)8-9-23-20(29)18-13-4-2-3-5-15(13)25-26-18/h2-7,10-11H,8-9H2,1H3,(H,23,29)(H,24,28)(H,25,26). The van der Waals surface area contributed by atoms with Crippen molar-refractivity contribution in [3.63, 3.8) is 0 Å². The molecule has 0 saturated carbocycles. The molecule has 0 aliphatic heterocycles. The smallest absolute Gasteiger partial charge is 0.308 e. The quantitative estimate of drug-likeness (QED) is 0.513. The Morgan fingerprint density at radius 1 is 1.17 bits per heavy atom. The number of halogens is 2. The number of para-hydroxylation sites is 1. The van der Waals surface area contributed by atoms with E-state index in [9.17, 15) is 23.2 Å². The number of carbonyl (C=O) groups excluding carboxylic acids is 3. The van der Waals surface area contributed by atoms with Gasteiger partial charge in [-0.1, -0.05) is 18.2 Å². The first-order valence-electron chi connectivity index (χ1n) is 9.02. The zero-order valence-corrected chi connectivity index (χ0v) is 15.9. The van der Waals surface area contributed by atoms with Crippen molar-refractivity contribution in [2.75, 3.05) is 11.9 Å². The highest BCUT2D eigenvalue weighted by molar-refractivity contribution is 6.04. The van der Waals surface area contributed by atoms with E-state index in [1.165, 1.54) is 6.92 Å². The number of amides is 2. The zero-order chi connectivity index (χ0) is 21.7. The molecule has 2 amide bonds. The lowest BCUT2D eigenvalue weighted by atomic mass is 10.2. The molecule has 0 saturated heterocycles. The van der Waals surface area contributed by atoms with E-state index in [1.807, 2.05) is 0 Å². The number of benzene rings is 2. The molecule has 0 aliphatic rings. The number of aromatic nitrogens is 2. The summed E-state index contributed by atoms with van der Waals surface area (Å²) in [7, 11) is 0. The number of aromatic amines is 1. The maximum absolute atomic E-state index is 13.6. The number of carbonyl (C=O) groups is 3. The number of hydrogen-bond donors (Lipinski definition) is 3. The van der Waals surface area contributed by atoms with E-state index >= 15 is 0 Å². The first kappa shape index (κ1) is 20.9. The minimum atomic E-state index is -1.24. The number of hydrogen-bond acceptors (Lipinski definition) is 5. The van der Waals surface area contributed by atoms with E-state index in [0.29, 0.717) is 10.9 Å². The molecule has 1 atom stereocenters. The summed E-state index contributed by atoms with van der Waals surface area (Å²) < 4.78 is 31.7. The summed E-state index contributed by atoms with van der Waals surface area (Å²) in [5.41, 5.74) is 0.543. The molecule has 30 heavy (non-hydrogen) atoms. The average Bonchev–Trinajstić information content (AvgIpc) is 3.14. The van der Waals surface area contributed by atoms with Gasteiger partial charge in [0.2, 0.25) is 0 Å². The van der Waals surface area contributed by atoms with Crippen LogP contribution in [0.1, 0.15) is 23.8 Å². The fraction of sp³-hybridized carbons (Fsp3) is 0.200. The number of nitrogens with one attached hydrogen (secondary N) is 3. The van der Waals surface area contributed by atoms with Crippen LogP contribution < -0.4 is 10.6 Å². The van der Waals surface area contributed by atoms with E-state index in [1.54, 1.807) is 24.3 Å². The molecule has 8 nitrogen and oxygen atoms in total. The lowest BCUT2D eigenvalue weighted by Crippen LogP contribution is -2.32. The topological polar surface area (TPSA) is 113 Å². The molecule has 0 spiro atoms. The van der Waals surface area contributed by atoms with Gasteiger partial charge in [0.25, 0.3) is 11.8 Å². The summed E-state index contributed by atoms with van der Waals surface area (Å²) in [4.78, 5) is 36.1. The maximum Gasteiger partial charge on any atom is 0.308 e. The van der Waals surface area contributed by atoms with Crippen molar-refractivity contribution >= 4 is 34.4 Å². The van der Waals surface area contributed by atoms with Gasteiger partial charge >= 0.3 is 5.97 Å². The molecule has 3 aromatic rings. The SMILES string of the molecule is CC(OC(=O)CCNC(=O)c1n[nH]c2ccccc12)C(=O)Nc1cc(F)ccc1F. The highest BCUT2D eigenvalue weighted by Gasteiger charge is 2.20. The van der Waals surface area contributed by atoms with Crippen LogP contribution in [0.25, 0.3) is 10.9 Å². The van der Waals surface area contributed by atoms with Crippen molar-refractivity contribution in [2.24, 2.45) is 0 Å². The summed E-state index contributed by atoms with van der Waals surface area (Å²) in [6.07, 6.45) is -1.44. The number of fused-ring (bicyclic) bond motifs is 1. The summed E-state index contributed by atoms with van der Waals surface area (Å²) in [5.74, 6) is -3.58. The van der Waals surface area contributed by atoms with E-state index in [4.69, 9.17) is 4.74 Å². The Morgan fingerprint density at radius 2 is 1.93 bits per heavy atom. The van der Waals surface area contributed by atoms with Crippen LogP contribution in [0.2, 0.25) is 0 Å². The Bertz CT molecular complexity index is 1100. The second kappa shape index (κ2) is 9.12. The molecule has 0 radical (unpaired) electrons. The second-order valence-electron chi connectivity index (χ2n) is 6.37. The third-order valence-electron chi connectivity index (χ3n) is 4.16. The van der Waals surface area contributed by atoms with Gasteiger partial charge in [0.15, 0.2) is 11.8 Å². The van der Waals surface area contributed by atoms with E-state index in [0.717, 1.165) is 18.2 Å². The van der Waals surface area contributed by atoms with Gasteiger partial charge < -0.3 is 15.4 Å². The Morgan fingerprint density at radius 3 is 2.73 bits per heavy atom. The molecule has 3 N–H and O–H groups in total. The fourth-order valence-corrected chi connectivity index (χ4v) is 2.64. The molecule has 156 valence electrons. The van der Waals surface area contributed by atoms with Crippen LogP contribution in [-0.2, 0) is 14.3 Å². The highest BCUT2D eigenvalue weighted by Crippen LogP contribution is 2.16. The number of ether oxygens (including phenoxy) is 1. The van der Waals surface area contributed by atoms with Gasteiger partial charge in [-0.25, -0.2) is 8.78 Å². The number of rotatable bonds is 7. The van der Waals surface area contributed by atoms with Crippen molar-refractivity contribution in [1.29, 1.82) is 0 Å². The van der Waals surface area contributed by atoms with Gasteiger partial charge in [0.05, 0.1) is 17.6 Å². The first-order chi connectivity index (χ1) is 14.3. The van der Waals surface area contributed by atoms with Crippen molar-refractivity contribution in [2.45, 2.75) is 19.4 Å². The lowest BCUT2D eigenvalue weighted by molar-refractivity contribution is -0.153. The molecule has 1 unspecified atom stereocenters. The van der Waals surface area contributed by atoms with Crippen LogP contribution in [0.3, 0.4) is 0 Å². The number of nitrogens with zero attached hydrogens (tertiary/aromatic N) is 1. The van der Waals surface area contributed by atoms with Gasteiger partial charge in [-0.15, -0.1) is 0 Å². The summed E-state index contributed by atoms with van der Waals surface area (Å²) in [6, 6.07) is 9.69. The molecule has 0 bridgehead atoms. The van der Waals surface area contributed by atoms with E-state index < -0.39 is 35.5 Å². The summed E-state index contributed by atoms with van der Waals surface area (Å²) >= 11 is 0. The molecule has 1 aromatic heterocycles. The van der Waals surface area contributed by atoms with Gasteiger partial charge in [-0.2, -0.15) is 5.10 Å². The highest BCUT2D eigenvalue weighted by atomic mass is 19.1. The Kier molecular flexibility index (Phi) is 6.35. The minimum absolute atomic E-state index is 0.0360. The minimum Gasteiger partial charge on any atom is -0.452 e. The van der Waals surface area contributed by atoms with Gasteiger partial charge in [0.1, 0.15) is 11.6 Å². The first-order valence-corrected chi connectivity index (χ1v) is 9.02. The van der Waals surface area contributed by atoms with Crippen molar-refractivity contribution in [3.8, 4) is 0 Å². The number of esters is 1. The van der Waals surface area contributed by atoms with Crippen LogP contribution in [0.4, 0.5) is 14.5 Å². The third-order valence-corrected chi connectivity index (χ3v) is 4.16. The fourth-order valence-electron chi connectivity index (χ4n) is 2.64. The van der Waals surface area contributed by atoms with Crippen LogP contribution in [0.5, 0.6) is 0 Å². The monoisotopic (exact) mass is 416 g/mol. The lowest BCUT2D eigenvalue weighted by Gasteiger charge is -2.14. The van der Waals surface area contributed by atoms with E-state index in [-0.39, 0.29) is 24.3 Å². The van der Waals surface area contributed by atoms with Crippen molar-refractivity contribution < 1.29 is 27.9 Å². The number of anilines is 1. The molecule has 10 heteroatoms. The van der Waals surface area contributed by atoms with Crippen LogP contribution in [0.15, 0.2) is 42.5 Å². The zero-order valence-electron chi connectivity index (χ0n) is 15.9. The van der Waals surface area contributed by atoms with E-state index in [2.05, 4.69) is 20.8 Å². The third kappa shape index (κ3) is 4.96. The predicted molar refractivity (Wildman–Crippen MR) is 104 cm³/mol. The van der Waals surface area contributed by atoms with Gasteiger partial charge in [-0.05, 0) is 25.1 Å². The van der Waals surface area contributed by atoms with Gasteiger partial charge in [-0.3, -0.25) is 19.5 Å². The largest absolute Gasteiger partial charge is 0.452 e. The predicted octanol–water partition coefficient (Wildman–Crippen LogP) is 2.53. The molecule has 0 fully saturated rings. The molecular formula is C20H18F2N4O4. The molecule has 0 aliphatic carbocycles. The Hall–Kier alpha value is -3.82. The second-order valence-corrected chi connectivity index (χ2v) is 6.37. The van der Waals surface area contributed by atoms with Crippen LogP contribution in [-0.4, -0.2) is 40.6 Å². The normalized spacial score (nSPS) is 11.7.